The second-order valence-corrected chi connectivity index (χ2v) is 4.16. The number of hydrogen-bond acceptors (Lipinski definition) is 1. The number of carboxylic acids is 1. The van der Waals surface area contributed by atoms with Gasteiger partial charge in [0, 0.05) is 5.56 Å². The minimum Gasteiger partial charge on any atom is -0.481 e. The summed E-state index contributed by atoms with van der Waals surface area (Å²) in [5.41, 5.74) is 1.61. The molecule has 0 heterocycles. The Morgan fingerprint density at radius 3 is 2.42 bits per heavy atom. The lowest BCUT2D eigenvalue weighted by molar-refractivity contribution is -0.137. The molecule has 2 aromatic carbocycles. The van der Waals surface area contributed by atoms with Crippen molar-refractivity contribution in [1.29, 1.82) is 0 Å². The first-order valence-electron chi connectivity index (χ1n) is 5.83. The van der Waals surface area contributed by atoms with E-state index >= 15 is 0 Å². The van der Waals surface area contributed by atoms with Crippen LogP contribution in [0.3, 0.4) is 0 Å². The molecule has 0 aliphatic carbocycles. The van der Waals surface area contributed by atoms with Gasteiger partial charge >= 0.3 is 5.97 Å². The van der Waals surface area contributed by atoms with Crippen LogP contribution in [0.4, 0.5) is 4.39 Å². The van der Waals surface area contributed by atoms with Gasteiger partial charge in [0.05, 0.1) is 5.92 Å². The molecule has 0 amide bonds. The van der Waals surface area contributed by atoms with Gasteiger partial charge in [0.25, 0.3) is 0 Å². The highest BCUT2D eigenvalue weighted by Crippen LogP contribution is 2.26. The highest BCUT2D eigenvalue weighted by Gasteiger charge is 2.17. The van der Waals surface area contributed by atoms with Crippen LogP contribution in [0.5, 0.6) is 0 Å². The molecule has 0 bridgehead atoms. The summed E-state index contributed by atoms with van der Waals surface area (Å²) in [6.07, 6.45) is 1.29. The van der Waals surface area contributed by atoms with Gasteiger partial charge in [0.15, 0.2) is 0 Å². The van der Waals surface area contributed by atoms with Gasteiger partial charge in [-0.1, -0.05) is 48.5 Å². The van der Waals surface area contributed by atoms with Crippen LogP contribution in [-0.4, -0.2) is 11.1 Å². The van der Waals surface area contributed by atoms with Crippen LogP contribution >= 0.6 is 0 Å². The molecule has 1 atom stereocenters. The molecular weight excluding hydrogens is 243 g/mol. The van der Waals surface area contributed by atoms with Gasteiger partial charge < -0.3 is 5.11 Å². The predicted octanol–water partition coefficient (Wildman–Crippen LogP) is 3.85. The molecule has 0 saturated carbocycles. The molecule has 0 aromatic heterocycles. The molecule has 1 unspecified atom stereocenters. The SMILES string of the molecule is C=CC(C(=O)O)c1ccc(-c2ccccc2)c(F)c1. The number of carbonyl (C=O) groups is 1. The minimum atomic E-state index is -1.04. The van der Waals surface area contributed by atoms with Gasteiger partial charge in [-0.25, -0.2) is 4.39 Å². The number of halogens is 1. The quantitative estimate of drug-likeness (QED) is 0.844. The summed E-state index contributed by atoms with van der Waals surface area (Å²) >= 11 is 0. The number of benzene rings is 2. The summed E-state index contributed by atoms with van der Waals surface area (Å²) in [6.45, 7) is 3.47. The predicted molar refractivity (Wildman–Crippen MR) is 72.4 cm³/mol. The summed E-state index contributed by atoms with van der Waals surface area (Å²) in [5.74, 6) is -2.36. The molecule has 2 nitrogen and oxygen atoms in total. The van der Waals surface area contributed by atoms with Gasteiger partial charge in [-0.2, -0.15) is 0 Å². The summed E-state index contributed by atoms with van der Waals surface area (Å²) in [5, 5.41) is 9.01. The fourth-order valence-corrected chi connectivity index (χ4v) is 1.96. The number of hydrogen-bond donors (Lipinski definition) is 1. The zero-order chi connectivity index (χ0) is 13.8. The Balaban J connectivity index is 2.43. The van der Waals surface area contributed by atoms with Gasteiger partial charge in [0.2, 0.25) is 0 Å². The normalized spacial score (nSPS) is 11.8. The zero-order valence-electron chi connectivity index (χ0n) is 10.2. The average molecular weight is 256 g/mol. The lowest BCUT2D eigenvalue weighted by Gasteiger charge is -2.10. The Kier molecular flexibility index (Phi) is 3.76. The fraction of sp³-hybridized carbons (Fsp3) is 0.0625. The second-order valence-electron chi connectivity index (χ2n) is 4.16. The van der Waals surface area contributed by atoms with Gasteiger partial charge in [0.1, 0.15) is 5.82 Å². The fourth-order valence-electron chi connectivity index (χ4n) is 1.96. The summed E-state index contributed by atoms with van der Waals surface area (Å²) in [7, 11) is 0. The van der Waals surface area contributed by atoms with Crippen LogP contribution in [0.1, 0.15) is 11.5 Å². The molecule has 3 heteroatoms. The van der Waals surface area contributed by atoms with E-state index in [4.69, 9.17) is 5.11 Å². The molecule has 96 valence electrons. The molecule has 0 radical (unpaired) electrons. The van der Waals surface area contributed by atoms with Gasteiger partial charge in [-0.3, -0.25) is 4.79 Å². The molecule has 0 aliphatic rings. The van der Waals surface area contributed by atoms with Crippen LogP contribution in [0.15, 0.2) is 61.2 Å². The first kappa shape index (κ1) is 13.0. The Morgan fingerprint density at radius 1 is 1.21 bits per heavy atom. The van der Waals surface area contributed by atoms with Gasteiger partial charge in [-0.15, -0.1) is 6.58 Å². The molecule has 0 saturated heterocycles. The van der Waals surface area contributed by atoms with Crippen LogP contribution in [0.25, 0.3) is 11.1 Å². The average Bonchev–Trinajstić information content (AvgIpc) is 2.40. The zero-order valence-corrected chi connectivity index (χ0v) is 10.2. The Labute approximate surface area is 110 Å². The molecule has 2 aromatic rings. The van der Waals surface area contributed by atoms with Crippen LogP contribution in [0, 0.1) is 5.82 Å². The van der Waals surface area contributed by atoms with E-state index in [0.717, 1.165) is 5.56 Å². The van der Waals surface area contributed by atoms with Crippen molar-refractivity contribution in [3.05, 3.63) is 72.6 Å². The van der Waals surface area contributed by atoms with Crippen LogP contribution in [0.2, 0.25) is 0 Å². The van der Waals surface area contributed by atoms with E-state index < -0.39 is 17.7 Å². The third-order valence-electron chi connectivity index (χ3n) is 2.94. The third-order valence-corrected chi connectivity index (χ3v) is 2.94. The monoisotopic (exact) mass is 256 g/mol. The molecule has 0 aliphatic heterocycles. The van der Waals surface area contributed by atoms with Crippen molar-refractivity contribution in [1.82, 2.24) is 0 Å². The first-order valence-corrected chi connectivity index (χ1v) is 5.83. The third kappa shape index (κ3) is 2.71. The summed E-state index contributed by atoms with van der Waals surface area (Å²) in [4.78, 5) is 11.0. The van der Waals surface area contributed by atoms with E-state index in [-0.39, 0.29) is 0 Å². The van der Waals surface area contributed by atoms with E-state index in [1.54, 1.807) is 24.3 Å². The van der Waals surface area contributed by atoms with Crippen molar-refractivity contribution >= 4 is 5.97 Å². The van der Waals surface area contributed by atoms with Crippen molar-refractivity contribution in [3.8, 4) is 11.1 Å². The van der Waals surface area contributed by atoms with Crippen molar-refractivity contribution in [2.24, 2.45) is 0 Å². The largest absolute Gasteiger partial charge is 0.481 e. The molecular formula is C16H13FO2. The molecule has 2 rings (SSSR count). The highest BCUT2D eigenvalue weighted by atomic mass is 19.1. The minimum absolute atomic E-state index is 0.389. The van der Waals surface area contributed by atoms with Crippen molar-refractivity contribution in [2.45, 2.75) is 5.92 Å². The van der Waals surface area contributed by atoms with E-state index in [9.17, 15) is 9.18 Å². The van der Waals surface area contributed by atoms with Crippen molar-refractivity contribution in [3.63, 3.8) is 0 Å². The topological polar surface area (TPSA) is 37.3 Å². The highest BCUT2D eigenvalue weighted by molar-refractivity contribution is 5.79. The first-order chi connectivity index (χ1) is 9.13. The van der Waals surface area contributed by atoms with E-state index in [2.05, 4.69) is 6.58 Å². The lowest BCUT2D eigenvalue weighted by Crippen LogP contribution is -2.09. The number of aliphatic carboxylic acids is 1. The van der Waals surface area contributed by atoms with E-state index in [1.165, 1.54) is 12.1 Å². The molecule has 0 fully saturated rings. The Hall–Kier alpha value is -2.42. The van der Waals surface area contributed by atoms with Crippen LogP contribution in [-0.2, 0) is 4.79 Å². The number of rotatable bonds is 4. The summed E-state index contributed by atoms with van der Waals surface area (Å²) < 4.78 is 14.1. The van der Waals surface area contributed by atoms with Crippen LogP contribution < -0.4 is 0 Å². The summed E-state index contributed by atoms with van der Waals surface area (Å²) in [6, 6.07) is 13.6. The lowest BCUT2D eigenvalue weighted by atomic mass is 9.96. The van der Waals surface area contributed by atoms with E-state index in [1.807, 2.05) is 18.2 Å². The maximum atomic E-state index is 14.1. The molecule has 0 spiro atoms. The van der Waals surface area contributed by atoms with E-state index in [0.29, 0.717) is 11.1 Å². The van der Waals surface area contributed by atoms with Crippen molar-refractivity contribution in [2.75, 3.05) is 0 Å². The smallest absolute Gasteiger partial charge is 0.314 e. The Bertz CT molecular complexity index is 605. The maximum absolute atomic E-state index is 14.1. The molecule has 1 N–H and O–H groups in total. The molecule has 19 heavy (non-hydrogen) atoms. The second kappa shape index (κ2) is 5.48. The maximum Gasteiger partial charge on any atom is 0.314 e. The van der Waals surface area contributed by atoms with Gasteiger partial charge in [-0.05, 0) is 17.2 Å². The standard InChI is InChI=1S/C16H13FO2/c1-2-13(16(18)19)12-8-9-14(15(17)10-12)11-6-4-3-5-7-11/h2-10,13H,1H2,(H,18,19). The van der Waals surface area contributed by atoms with Crippen molar-refractivity contribution < 1.29 is 14.3 Å². The number of carboxylic acid groups (broad SMARTS) is 1. The Morgan fingerprint density at radius 2 is 1.89 bits per heavy atom.